The zero-order chi connectivity index (χ0) is 23.2. The minimum atomic E-state index is -4.15. The first-order valence-electron chi connectivity index (χ1n) is 9.92. The summed E-state index contributed by atoms with van der Waals surface area (Å²) in [6.07, 6.45) is 0. The first-order valence-corrected chi connectivity index (χ1v) is 13.1. The lowest BCUT2D eigenvalue weighted by Crippen LogP contribution is -2.48. The average Bonchev–Trinajstić information content (AvgIpc) is 3.46. The van der Waals surface area contributed by atoms with Crippen LogP contribution >= 0.6 is 22.7 Å². The average molecular weight is 510 g/mol. The van der Waals surface area contributed by atoms with Crippen molar-refractivity contribution in [3.8, 4) is 9.88 Å². The number of thiophene rings is 1. The second kappa shape index (κ2) is 8.65. The number of piperazine rings is 1. The summed E-state index contributed by atoms with van der Waals surface area (Å²) in [5.74, 6) is -1.80. The third kappa shape index (κ3) is 4.34. The molecule has 1 fully saturated rings. The Labute approximate surface area is 195 Å². The summed E-state index contributed by atoms with van der Waals surface area (Å²) in [5.41, 5.74) is 0.283. The van der Waals surface area contributed by atoms with Gasteiger partial charge in [-0.05, 0) is 29.6 Å². The van der Waals surface area contributed by atoms with Crippen LogP contribution in [0.1, 0.15) is 5.69 Å². The highest BCUT2D eigenvalue weighted by molar-refractivity contribution is 7.89. The van der Waals surface area contributed by atoms with Crippen LogP contribution < -0.4 is 5.56 Å². The predicted octanol–water partition coefficient (Wildman–Crippen LogP) is 2.66. The molecule has 0 saturated carbocycles. The zero-order valence-corrected chi connectivity index (χ0v) is 19.5. The maximum absolute atomic E-state index is 14.0. The third-order valence-corrected chi connectivity index (χ3v) is 9.12. The number of benzene rings is 1. The van der Waals surface area contributed by atoms with E-state index in [1.807, 2.05) is 22.4 Å². The fourth-order valence-corrected chi connectivity index (χ4v) is 6.82. The first kappa shape index (κ1) is 22.2. The van der Waals surface area contributed by atoms with Gasteiger partial charge in [0, 0.05) is 38.8 Å². The molecule has 0 spiro atoms. The normalized spacial score (nSPS) is 15.9. The fraction of sp³-hybridized carbons (Fsp3) is 0.250. The predicted molar refractivity (Wildman–Crippen MR) is 121 cm³/mol. The van der Waals surface area contributed by atoms with Crippen molar-refractivity contribution in [1.29, 1.82) is 0 Å². The van der Waals surface area contributed by atoms with Crippen LogP contribution in [0.3, 0.4) is 0 Å². The molecule has 1 saturated heterocycles. The standard InChI is InChI=1S/C20H17F2N5O3S3/c21-13-3-4-15(22)17(10-13)33(29,30)26-7-5-25(6-8-26)12-14-11-18(28)27-20(23-14)32-19(24-27)16-2-1-9-31-16/h1-4,9-11H,5-8,12H2. The van der Waals surface area contributed by atoms with Gasteiger partial charge in [-0.15, -0.1) is 11.3 Å². The van der Waals surface area contributed by atoms with E-state index in [-0.39, 0.29) is 18.6 Å². The number of aromatic nitrogens is 3. The molecule has 0 unspecified atom stereocenters. The van der Waals surface area contributed by atoms with Crippen LogP contribution in [0, 0.1) is 11.6 Å². The Kier molecular flexibility index (Phi) is 5.82. The molecule has 5 rings (SSSR count). The summed E-state index contributed by atoms with van der Waals surface area (Å²) < 4.78 is 55.4. The number of hydrogen-bond donors (Lipinski definition) is 0. The van der Waals surface area contributed by atoms with Gasteiger partial charge in [-0.1, -0.05) is 17.4 Å². The lowest BCUT2D eigenvalue weighted by molar-refractivity contribution is 0.179. The van der Waals surface area contributed by atoms with E-state index in [0.29, 0.717) is 36.4 Å². The molecule has 0 radical (unpaired) electrons. The lowest BCUT2D eigenvalue weighted by atomic mass is 10.3. The van der Waals surface area contributed by atoms with Crippen LogP contribution in [0.5, 0.6) is 0 Å². The van der Waals surface area contributed by atoms with Gasteiger partial charge in [-0.25, -0.2) is 22.2 Å². The van der Waals surface area contributed by atoms with Crippen LogP contribution in [0.15, 0.2) is 51.5 Å². The largest absolute Gasteiger partial charge is 0.295 e. The Hall–Kier alpha value is -2.58. The first-order chi connectivity index (χ1) is 15.8. The smallest absolute Gasteiger partial charge is 0.275 e. The minimum Gasteiger partial charge on any atom is -0.295 e. The van der Waals surface area contributed by atoms with Crippen molar-refractivity contribution in [2.45, 2.75) is 11.4 Å². The molecule has 3 aromatic heterocycles. The highest BCUT2D eigenvalue weighted by atomic mass is 32.2. The number of hydrogen-bond acceptors (Lipinski definition) is 8. The molecule has 0 amide bonds. The Morgan fingerprint density at radius 3 is 2.58 bits per heavy atom. The molecule has 8 nitrogen and oxygen atoms in total. The van der Waals surface area contributed by atoms with Gasteiger partial charge in [0.05, 0.1) is 10.6 Å². The number of fused-ring (bicyclic) bond motifs is 1. The van der Waals surface area contributed by atoms with Crippen molar-refractivity contribution in [1.82, 2.24) is 23.8 Å². The van der Waals surface area contributed by atoms with Crippen LogP contribution in [0.2, 0.25) is 0 Å². The van der Waals surface area contributed by atoms with Gasteiger partial charge in [-0.3, -0.25) is 9.69 Å². The Bertz CT molecular complexity index is 1480. The summed E-state index contributed by atoms with van der Waals surface area (Å²) in [4.78, 5) is 19.8. The molecular formula is C20H17F2N5O3S3. The van der Waals surface area contributed by atoms with Crippen LogP contribution in [-0.2, 0) is 16.6 Å². The molecule has 4 aromatic rings. The summed E-state index contributed by atoms with van der Waals surface area (Å²) in [6, 6.07) is 7.65. The monoisotopic (exact) mass is 509 g/mol. The SMILES string of the molecule is O=c1cc(CN2CCN(S(=O)(=O)c3cc(F)ccc3F)CC2)nc2sc(-c3cccs3)nn12. The summed E-state index contributed by atoms with van der Waals surface area (Å²) in [7, 11) is -4.15. The quantitative estimate of drug-likeness (QED) is 0.411. The van der Waals surface area contributed by atoms with Gasteiger partial charge < -0.3 is 0 Å². The van der Waals surface area contributed by atoms with Crippen LogP contribution in [0.25, 0.3) is 14.8 Å². The molecule has 1 aromatic carbocycles. The van der Waals surface area contributed by atoms with Gasteiger partial charge >= 0.3 is 0 Å². The van der Waals surface area contributed by atoms with E-state index in [0.717, 1.165) is 26.3 Å². The van der Waals surface area contributed by atoms with Crippen molar-refractivity contribution < 1.29 is 17.2 Å². The molecule has 0 aliphatic carbocycles. The van der Waals surface area contributed by atoms with Gasteiger partial charge in [0.2, 0.25) is 15.0 Å². The summed E-state index contributed by atoms with van der Waals surface area (Å²) in [6.45, 7) is 1.31. The molecule has 4 heterocycles. The maximum atomic E-state index is 14.0. The Morgan fingerprint density at radius 1 is 1.06 bits per heavy atom. The van der Waals surface area contributed by atoms with Crippen molar-refractivity contribution in [3.63, 3.8) is 0 Å². The molecular weight excluding hydrogens is 492 g/mol. The van der Waals surface area contributed by atoms with E-state index in [2.05, 4.69) is 10.1 Å². The van der Waals surface area contributed by atoms with Crippen LogP contribution in [-0.4, -0.2) is 58.4 Å². The number of rotatable bonds is 5. The van der Waals surface area contributed by atoms with E-state index in [1.54, 1.807) is 0 Å². The lowest BCUT2D eigenvalue weighted by Gasteiger charge is -2.33. The van der Waals surface area contributed by atoms with E-state index < -0.39 is 26.6 Å². The third-order valence-electron chi connectivity index (χ3n) is 5.26. The van der Waals surface area contributed by atoms with E-state index >= 15 is 0 Å². The Morgan fingerprint density at radius 2 is 1.85 bits per heavy atom. The van der Waals surface area contributed by atoms with Crippen molar-refractivity contribution in [3.05, 3.63) is 69.5 Å². The molecule has 1 aliphatic rings. The molecule has 172 valence electrons. The maximum Gasteiger partial charge on any atom is 0.275 e. The number of halogens is 2. The van der Waals surface area contributed by atoms with E-state index in [1.165, 1.54) is 33.3 Å². The number of sulfonamides is 1. The zero-order valence-electron chi connectivity index (χ0n) is 17.0. The highest BCUT2D eigenvalue weighted by Gasteiger charge is 2.31. The van der Waals surface area contributed by atoms with Crippen LogP contribution in [0.4, 0.5) is 8.78 Å². The van der Waals surface area contributed by atoms with Gasteiger partial charge in [0.1, 0.15) is 16.5 Å². The van der Waals surface area contributed by atoms with Gasteiger partial charge in [0.25, 0.3) is 5.56 Å². The van der Waals surface area contributed by atoms with E-state index in [4.69, 9.17) is 0 Å². The van der Waals surface area contributed by atoms with Gasteiger partial charge in [-0.2, -0.15) is 13.9 Å². The molecule has 33 heavy (non-hydrogen) atoms. The minimum absolute atomic E-state index is 0.114. The second-order valence-corrected chi connectivity index (χ2v) is 11.2. The topological polar surface area (TPSA) is 87.9 Å². The molecule has 1 aliphatic heterocycles. The highest BCUT2D eigenvalue weighted by Crippen LogP contribution is 2.28. The Balaban J connectivity index is 1.30. The van der Waals surface area contributed by atoms with E-state index in [9.17, 15) is 22.0 Å². The summed E-state index contributed by atoms with van der Waals surface area (Å²) in [5, 5.41) is 7.00. The van der Waals surface area contributed by atoms with Crippen molar-refractivity contribution in [2.24, 2.45) is 0 Å². The summed E-state index contributed by atoms with van der Waals surface area (Å²) >= 11 is 2.86. The van der Waals surface area contributed by atoms with Crippen molar-refractivity contribution in [2.75, 3.05) is 26.2 Å². The molecule has 0 atom stereocenters. The molecule has 0 N–H and O–H groups in total. The van der Waals surface area contributed by atoms with Gasteiger partial charge in [0.15, 0.2) is 5.01 Å². The molecule has 0 bridgehead atoms. The second-order valence-electron chi connectivity index (χ2n) is 7.42. The number of nitrogens with zero attached hydrogens (tertiary/aromatic N) is 5. The fourth-order valence-electron chi connectivity index (χ4n) is 3.61. The van der Waals surface area contributed by atoms with Crippen molar-refractivity contribution >= 4 is 37.7 Å². The molecule has 13 heteroatoms.